The maximum atomic E-state index is 13.6. The molecule has 0 radical (unpaired) electrons. The van der Waals surface area contributed by atoms with Crippen LogP contribution in [0.4, 0.5) is 5.69 Å². The van der Waals surface area contributed by atoms with Crippen molar-refractivity contribution in [2.45, 2.75) is 84.6 Å². The fourth-order valence-electron chi connectivity index (χ4n) is 7.40. The third-order valence-corrected chi connectivity index (χ3v) is 15.7. The van der Waals surface area contributed by atoms with Crippen LogP contribution in [0.2, 0.25) is 6.04 Å². The van der Waals surface area contributed by atoms with Crippen molar-refractivity contribution in [1.82, 2.24) is 5.32 Å². The summed E-state index contributed by atoms with van der Waals surface area (Å²) in [5, 5.41) is 13.6. The Morgan fingerprint density at radius 1 is 0.962 bits per heavy atom. The van der Waals surface area contributed by atoms with Gasteiger partial charge in [-0.05, 0) is 98.9 Å². The monoisotopic (exact) mass is 759 g/mol. The molecule has 0 atom stereocenters. The predicted octanol–water partition coefficient (Wildman–Crippen LogP) is 8.88. The van der Waals surface area contributed by atoms with Gasteiger partial charge in [-0.25, -0.2) is 4.79 Å². The zero-order valence-electron chi connectivity index (χ0n) is 31.3. The van der Waals surface area contributed by atoms with E-state index in [9.17, 15) is 14.9 Å². The number of nitrogens with zero attached hydrogens (tertiary/aromatic N) is 2. The molecule has 2 aliphatic rings. The molecule has 12 heteroatoms. The van der Waals surface area contributed by atoms with E-state index in [4.69, 9.17) is 17.7 Å². The highest BCUT2D eigenvalue weighted by Crippen LogP contribution is 2.52. The van der Waals surface area contributed by atoms with Gasteiger partial charge in [0.25, 0.3) is 5.91 Å². The zero-order valence-corrected chi connectivity index (χ0v) is 33.9. The summed E-state index contributed by atoms with van der Waals surface area (Å²) in [5.41, 5.74) is 4.64. The molecule has 0 spiro atoms. The van der Waals surface area contributed by atoms with Crippen molar-refractivity contribution < 1.29 is 22.5 Å². The number of nitriles is 1. The number of benzene rings is 1. The van der Waals surface area contributed by atoms with Gasteiger partial charge in [0.05, 0.1) is 5.56 Å². The number of carbonyl (C=O) groups excluding carboxylic acids is 1. The van der Waals surface area contributed by atoms with Crippen molar-refractivity contribution >= 4 is 60.1 Å². The fourth-order valence-corrected chi connectivity index (χ4v) is 12.1. The largest absolute Gasteiger partial charge is 0.500 e. The maximum Gasteiger partial charge on any atom is 0.500 e. The number of fused-ring (bicyclic) bond motifs is 2. The molecule has 6 rings (SSSR count). The Kier molecular flexibility index (Phi) is 11.3. The van der Waals surface area contributed by atoms with Crippen LogP contribution >= 0.6 is 22.7 Å². The van der Waals surface area contributed by atoms with Crippen LogP contribution in [-0.2, 0) is 28.9 Å². The van der Waals surface area contributed by atoms with Gasteiger partial charge in [0, 0.05) is 81.6 Å². The number of carbonyl (C=O) groups is 1. The van der Waals surface area contributed by atoms with E-state index < -0.39 is 14.7 Å². The lowest BCUT2D eigenvalue weighted by molar-refractivity contribution is -0.117. The van der Waals surface area contributed by atoms with E-state index in [-0.39, 0.29) is 22.0 Å². The van der Waals surface area contributed by atoms with Gasteiger partial charge in [-0.2, -0.15) is 5.26 Å². The smallest absolute Gasteiger partial charge is 0.422 e. The first-order chi connectivity index (χ1) is 24.8. The highest BCUT2D eigenvalue weighted by atomic mass is 32.1. The van der Waals surface area contributed by atoms with Crippen molar-refractivity contribution in [3.8, 4) is 26.3 Å². The van der Waals surface area contributed by atoms with Crippen molar-refractivity contribution in [2.75, 3.05) is 44.4 Å². The standard InChI is InChI=1S/C40H49N3O6S2Si/c1-8-46-52(47-9-2,48-10-3)21-11-18-42-37(44)27(25-41)22-28-12-13-32(50-28)33-15-14-31(51-33)29-23-26-24-30-35-34(36(26)49-38(29)45)40(6,7)17-20-43(35)19-16-39(30,4)5/h12-15,22-24H,8-11,16-21H2,1-7H3,(H,42,44)/b27-22+. The second-order valence-corrected chi connectivity index (χ2v) is 19.6. The molecule has 1 amide bonds. The molecule has 0 bridgehead atoms. The van der Waals surface area contributed by atoms with Crippen LogP contribution in [0, 0.1) is 11.3 Å². The van der Waals surface area contributed by atoms with Crippen molar-refractivity contribution in [1.29, 1.82) is 5.26 Å². The molecule has 0 fully saturated rings. The summed E-state index contributed by atoms with van der Waals surface area (Å²) < 4.78 is 23.9. The Morgan fingerprint density at radius 3 is 2.27 bits per heavy atom. The molecular weight excluding hydrogens is 711 g/mol. The number of nitrogens with one attached hydrogen (secondary N) is 1. The molecule has 2 aliphatic heterocycles. The minimum absolute atomic E-state index is 0.0253. The number of anilines is 1. The average Bonchev–Trinajstić information content (AvgIpc) is 3.78. The van der Waals surface area contributed by atoms with Crippen molar-refractivity contribution in [3.63, 3.8) is 0 Å². The Hall–Kier alpha value is -3.57. The Labute approximate surface area is 315 Å². The third-order valence-electron chi connectivity index (χ3n) is 10.2. The third kappa shape index (κ3) is 7.58. The summed E-state index contributed by atoms with van der Waals surface area (Å²) in [6, 6.07) is 14.8. The first kappa shape index (κ1) is 38.2. The second-order valence-electron chi connectivity index (χ2n) is 14.6. The van der Waals surface area contributed by atoms with Gasteiger partial charge >= 0.3 is 14.4 Å². The van der Waals surface area contributed by atoms with E-state index in [1.54, 1.807) is 6.08 Å². The molecule has 5 heterocycles. The van der Waals surface area contributed by atoms with E-state index in [0.717, 1.165) is 56.4 Å². The summed E-state index contributed by atoms with van der Waals surface area (Å²) in [6.45, 7) is 18.8. The van der Waals surface area contributed by atoms with Gasteiger partial charge in [0.15, 0.2) is 0 Å². The van der Waals surface area contributed by atoms with Crippen LogP contribution in [-0.4, -0.2) is 54.2 Å². The molecule has 0 aliphatic carbocycles. The SMILES string of the molecule is CCO[Si](CCCNC(=O)/C(C#N)=C/c1ccc(-c2ccc(-c3cc4cc5c6c(c4oc3=O)C(C)(C)CCN6CCC5(C)C)s2)s1)(OCC)OCC. The van der Waals surface area contributed by atoms with E-state index in [1.165, 1.54) is 33.9 Å². The van der Waals surface area contributed by atoms with Crippen molar-refractivity contribution in [2.24, 2.45) is 0 Å². The first-order valence-electron chi connectivity index (χ1n) is 18.3. The Morgan fingerprint density at radius 2 is 1.60 bits per heavy atom. The van der Waals surface area contributed by atoms with Crippen LogP contribution in [0.1, 0.15) is 83.7 Å². The minimum Gasteiger partial charge on any atom is -0.422 e. The minimum atomic E-state index is -2.80. The van der Waals surface area contributed by atoms with Crippen LogP contribution in [0.5, 0.6) is 0 Å². The normalized spacial score (nSPS) is 16.5. The van der Waals surface area contributed by atoms with Gasteiger partial charge in [-0.15, -0.1) is 22.7 Å². The quantitative estimate of drug-likeness (QED) is 0.0446. The summed E-state index contributed by atoms with van der Waals surface area (Å²) >= 11 is 3.02. The molecular formula is C40H49N3O6S2Si. The van der Waals surface area contributed by atoms with Gasteiger partial charge in [0.1, 0.15) is 17.2 Å². The van der Waals surface area contributed by atoms with Gasteiger partial charge in [0.2, 0.25) is 0 Å². The van der Waals surface area contributed by atoms with Crippen molar-refractivity contribution in [3.05, 3.63) is 68.4 Å². The highest BCUT2D eigenvalue weighted by Gasteiger charge is 2.42. The van der Waals surface area contributed by atoms with E-state index >= 15 is 0 Å². The lowest BCUT2D eigenvalue weighted by atomic mass is 9.69. The molecule has 1 aromatic carbocycles. The zero-order chi connectivity index (χ0) is 37.3. The number of hydrogen-bond acceptors (Lipinski definition) is 10. The molecule has 3 aromatic heterocycles. The van der Waals surface area contributed by atoms with Crippen LogP contribution in [0.15, 0.2) is 51.2 Å². The molecule has 276 valence electrons. The molecule has 9 nitrogen and oxygen atoms in total. The lowest BCUT2D eigenvalue weighted by Gasteiger charge is -2.48. The van der Waals surface area contributed by atoms with Crippen LogP contribution in [0.3, 0.4) is 0 Å². The van der Waals surface area contributed by atoms with E-state index in [2.05, 4.69) is 50.0 Å². The molecule has 0 unspecified atom stereocenters. The molecule has 0 saturated carbocycles. The number of amides is 1. The van der Waals surface area contributed by atoms with E-state index in [1.807, 2.05) is 51.1 Å². The lowest BCUT2D eigenvalue weighted by Crippen LogP contribution is -2.46. The van der Waals surface area contributed by atoms with Crippen LogP contribution in [0.25, 0.3) is 37.2 Å². The molecule has 52 heavy (non-hydrogen) atoms. The number of rotatable bonds is 14. The summed E-state index contributed by atoms with van der Waals surface area (Å²) in [6.07, 6.45) is 4.32. The summed E-state index contributed by atoms with van der Waals surface area (Å²) in [7, 11) is -2.80. The van der Waals surface area contributed by atoms with Gasteiger partial charge in [-0.3, -0.25) is 4.79 Å². The highest BCUT2D eigenvalue weighted by molar-refractivity contribution is 7.24. The van der Waals surface area contributed by atoms with Gasteiger partial charge in [-0.1, -0.05) is 27.7 Å². The predicted molar refractivity (Wildman–Crippen MR) is 213 cm³/mol. The van der Waals surface area contributed by atoms with E-state index in [0.29, 0.717) is 50.0 Å². The average molecular weight is 760 g/mol. The topological polar surface area (TPSA) is 114 Å². The van der Waals surface area contributed by atoms with Crippen LogP contribution < -0.4 is 15.8 Å². The fraction of sp³-hybridized carbons (Fsp3) is 0.475. The maximum absolute atomic E-state index is 13.6. The molecule has 1 N–H and O–H groups in total. The summed E-state index contributed by atoms with van der Waals surface area (Å²) in [4.78, 5) is 32.7. The Balaban J connectivity index is 1.20. The van der Waals surface area contributed by atoms with Gasteiger partial charge < -0.3 is 27.9 Å². The number of thiophene rings is 2. The first-order valence-corrected chi connectivity index (χ1v) is 21.8. The number of hydrogen-bond donors (Lipinski definition) is 1. The molecule has 4 aromatic rings. The Bertz CT molecular complexity index is 2070. The summed E-state index contributed by atoms with van der Waals surface area (Å²) in [5.74, 6) is -0.426. The molecule has 0 saturated heterocycles. The second kappa shape index (κ2) is 15.4.